The minimum absolute atomic E-state index is 0.268. The number of pyridine rings is 1. The van der Waals surface area contributed by atoms with Gasteiger partial charge in [-0.1, -0.05) is 0 Å². The first-order valence-corrected chi connectivity index (χ1v) is 6.54. The maximum absolute atomic E-state index is 9.02. The molecule has 0 amide bonds. The van der Waals surface area contributed by atoms with Crippen LogP contribution in [0.15, 0.2) is 18.3 Å². The molecule has 0 saturated carbocycles. The fourth-order valence-corrected chi connectivity index (χ4v) is 1.82. The van der Waals surface area contributed by atoms with E-state index in [1.807, 2.05) is 12.1 Å². The van der Waals surface area contributed by atoms with Crippen molar-refractivity contribution in [3.05, 3.63) is 29.6 Å². The Labute approximate surface area is 115 Å². The molecule has 1 atom stereocenters. The van der Waals surface area contributed by atoms with Crippen LogP contribution in [0.1, 0.15) is 23.7 Å². The zero-order valence-electron chi connectivity index (χ0n) is 12.0. The molecule has 19 heavy (non-hydrogen) atoms. The van der Waals surface area contributed by atoms with Crippen molar-refractivity contribution in [3.8, 4) is 6.07 Å². The van der Waals surface area contributed by atoms with Crippen molar-refractivity contribution in [2.45, 2.75) is 19.0 Å². The molecule has 0 radical (unpaired) electrons. The molecule has 1 unspecified atom stereocenters. The normalized spacial score (nSPS) is 12.4. The maximum Gasteiger partial charge on any atom is 0.121 e. The smallest absolute Gasteiger partial charge is 0.121 e. The summed E-state index contributed by atoms with van der Waals surface area (Å²) in [5, 5.41) is 15.4. The number of hydrogen-bond donors (Lipinski definition) is 2. The third-order valence-electron chi connectivity index (χ3n) is 2.86. The Hall–Kier alpha value is -1.48. The Morgan fingerprint density at radius 3 is 2.89 bits per heavy atom. The van der Waals surface area contributed by atoms with Crippen molar-refractivity contribution in [2.24, 2.45) is 0 Å². The lowest BCUT2D eigenvalue weighted by Crippen LogP contribution is -2.21. The van der Waals surface area contributed by atoms with Crippen molar-refractivity contribution < 1.29 is 0 Å². The Morgan fingerprint density at radius 2 is 2.26 bits per heavy atom. The summed E-state index contributed by atoms with van der Waals surface area (Å²) in [6, 6.07) is 5.80. The molecule has 1 rings (SSSR count). The standard InChI is InChI=1S/C14H23N5/c1-16-14(10-15)12-5-7-18-13(9-12)11-17-6-4-8-19(2)3/h5,7,9,14,16-17H,4,6,8,11H2,1-3H3. The van der Waals surface area contributed by atoms with Gasteiger partial charge in [0.25, 0.3) is 0 Å². The highest BCUT2D eigenvalue weighted by Gasteiger charge is 2.08. The SMILES string of the molecule is CNC(C#N)c1ccnc(CNCCCN(C)C)c1. The molecular weight excluding hydrogens is 238 g/mol. The van der Waals surface area contributed by atoms with E-state index in [1.165, 1.54) is 0 Å². The minimum atomic E-state index is -0.268. The lowest BCUT2D eigenvalue weighted by atomic mass is 10.1. The topological polar surface area (TPSA) is 64.0 Å². The van der Waals surface area contributed by atoms with Crippen LogP contribution in [0.2, 0.25) is 0 Å². The predicted octanol–water partition coefficient (Wildman–Crippen LogP) is 0.907. The lowest BCUT2D eigenvalue weighted by Gasteiger charge is -2.11. The largest absolute Gasteiger partial charge is 0.311 e. The van der Waals surface area contributed by atoms with E-state index in [9.17, 15) is 0 Å². The van der Waals surface area contributed by atoms with Crippen molar-refractivity contribution >= 4 is 0 Å². The van der Waals surface area contributed by atoms with Crippen LogP contribution in [0.4, 0.5) is 0 Å². The summed E-state index contributed by atoms with van der Waals surface area (Å²) in [6.45, 7) is 2.79. The summed E-state index contributed by atoms with van der Waals surface area (Å²) in [7, 11) is 5.93. The van der Waals surface area contributed by atoms with Gasteiger partial charge in [0, 0.05) is 12.7 Å². The Kier molecular flexibility index (Phi) is 7.04. The van der Waals surface area contributed by atoms with E-state index in [0.29, 0.717) is 0 Å². The first-order valence-electron chi connectivity index (χ1n) is 6.54. The third-order valence-corrected chi connectivity index (χ3v) is 2.86. The van der Waals surface area contributed by atoms with Gasteiger partial charge in [-0.3, -0.25) is 4.98 Å². The molecule has 1 aromatic heterocycles. The van der Waals surface area contributed by atoms with E-state index in [4.69, 9.17) is 5.26 Å². The van der Waals surface area contributed by atoms with Gasteiger partial charge in [-0.25, -0.2) is 0 Å². The molecule has 0 bridgehead atoms. The van der Waals surface area contributed by atoms with Crippen LogP contribution >= 0.6 is 0 Å². The van der Waals surface area contributed by atoms with Crippen LogP contribution in [0.25, 0.3) is 0 Å². The second-order valence-electron chi connectivity index (χ2n) is 4.76. The second kappa shape index (κ2) is 8.59. The average Bonchev–Trinajstić information content (AvgIpc) is 2.40. The van der Waals surface area contributed by atoms with Crippen LogP contribution in [0.3, 0.4) is 0 Å². The van der Waals surface area contributed by atoms with Gasteiger partial charge in [0.15, 0.2) is 0 Å². The highest BCUT2D eigenvalue weighted by Crippen LogP contribution is 2.11. The molecule has 0 aliphatic carbocycles. The molecular formula is C14H23N5. The van der Waals surface area contributed by atoms with Crippen molar-refractivity contribution in [1.82, 2.24) is 20.5 Å². The van der Waals surface area contributed by atoms with Gasteiger partial charge >= 0.3 is 0 Å². The monoisotopic (exact) mass is 261 g/mol. The molecule has 0 aliphatic rings. The predicted molar refractivity (Wildman–Crippen MR) is 76.5 cm³/mol. The molecule has 1 heterocycles. The number of nitriles is 1. The van der Waals surface area contributed by atoms with Crippen molar-refractivity contribution in [3.63, 3.8) is 0 Å². The van der Waals surface area contributed by atoms with Crippen LogP contribution in [0.5, 0.6) is 0 Å². The van der Waals surface area contributed by atoms with Crippen molar-refractivity contribution in [1.29, 1.82) is 5.26 Å². The number of rotatable bonds is 8. The quantitative estimate of drug-likeness (QED) is 0.681. The van der Waals surface area contributed by atoms with Crippen LogP contribution in [-0.4, -0.2) is 44.1 Å². The molecule has 2 N–H and O–H groups in total. The highest BCUT2D eigenvalue weighted by atomic mass is 15.1. The fraction of sp³-hybridized carbons (Fsp3) is 0.571. The first-order chi connectivity index (χ1) is 9.17. The molecule has 0 aliphatic heterocycles. The van der Waals surface area contributed by atoms with Gasteiger partial charge in [-0.2, -0.15) is 5.26 Å². The van der Waals surface area contributed by atoms with Gasteiger partial charge in [-0.15, -0.1) is 0 Å². The summed E-state index contributed by atoms with van der Waals surface area (Å²) < 4.78 is 0. The number of nitrogens with one attached hydrogen (secondary N) is 2. The molecule has 0 saturated heterocycles. The van der Waals surface area contributed by atoms with Gasteiger partial charge in [0.05, 0.1) is 11.8 Å². The number of nitrogens with zero attached hydrogens (tertiary/aromatic N) is 3. The summed E-state index contributed by atoms with van der Waals surface area (Å²) >= 11 is 0. The molecule has 1 aromatic rings. The summed E-state index contributed by atoms with van der Waals surface area (Å²) in [6.07, 6.45) is 2.87. The van der Waals surface area contributed by atoms with Crippen LogP contribution in [-0.2, 0) is 6.54 Å². The van der Waals surface area contributed by atoms with E-state index in [2.05, 4.69) is 40.7 Å². The molecule has 5 nitrogen and oxygen atoms in total. The zero-order chi connectivity index (χ0) is 14.1. The minimum Gasteiger partial charge on any atom is -0.311 e. The highest BCUT2D eigenvalue weighted by molar-refractivity contribution is 5.24. The van der Waals surface area contributed by atoms with E-state index >= 15 is 0 Å². The molecule has 0 fully saturated rings. The van der Waals surface area contributed by atoms with Gasteiger partial charge in [0.1, 0.15) is 6.04 Å². The maximum atomic E-state index is 9.02. The van der Waals surface area contributed by atoms with Crippen LogP contribution in [0, 0.1) is 11.3 Å². The number of aromatic nitrogens is 1. The Balaban J connectivity index is 2.42. The number of hydrogen-bond acceptors (Lipinski definition) is 5. The van der Waals surface area contributed by atoms with Gasteiger partial charge in [-0.05, 0) is 58.3 Å². The first kappa shape index (κ1) is 15.6. The molecule has 5 heteroatoms. The van der Waals surface area contributed by atoms with E-state index < -0.39 is 0 Å². The Morgan fingerprint density at radius 1 is 1.47 bits per heavy atom. The van der Waals surface area contributed by atoms with Gasteiger partial charge in [0.2, 0.25) is 0 Å². The zero-order valence-corrected chi connectivity index (χ0v) is 12.0. The Bertz CT molecular complexity index is 411. The average molecular weight is 261 g/mol. The summed E-state index contributed by atoms with van der Waals surface area (Å²) in [4.78, 5) is 6.48. The van der Waals surface area contributed by atoms with E-state index in [0.717, 1.165) is 37.3 Å². The molecule has 104 valence electrons. The van der Waals surface area contributed by atoms with Crippen molar-refractivity contribution in [2.75, 3.05) is 34.2 Å². The second-order valence-corrected chi connectivity index (χ2v) is 4.76. The summed E-state index contributed by atoms with van der Waals surface area (Å²) in [5.41, 5.74) is 1.93. The van der Waals surface area contributed by atoms with Gasteiger partial charge < -0.3 is 15.5 Å². The summed E-state index contributed by atoms with van der Waals surface area (Å²) in [5.74, 6) is 0. The van der Waals surface area contributed by atoms with E-state index in [1.54, 1.807) is 13.2 Å². The third kappa shape index (κ3) is 5.79. The molecule has 0 spiro atoms. The van der Waals surface area contributed by atoms with E-state index in [-0.39, 0.29) is 6.04 Å². The molecule has 0 aromatic carbocycles. The fourth-order valence-electron chi connectivity index (χ4n) is 1.82. The lowest BCUT2D eigenvalue weighted by molar-refractivity contribution is 0.394. The van der Waals surface area contributed by atoms with Crippen LogP contribution < -0.4 is 10.6 Å².